The number of aromatic nitrogens is 1. The van der Waals surface area contributed by atoms with Gasteiger partial charge in [0.1, 0.15) is 5.57 Å². The lowest BCUT2D eigenvalue weighted by Crippen LogP contribution is -2.54. The summed E-state index contributed by atoms with van der Waals surface area (Å²) in [5, 5.41) is 2.72. The first-order chi connectivity index (χ1) is 15.8. The van der Waals surface area contributed by atoms with E-state index in [1.165, 1.54) is 4.90 Å². The monoisotopic (exact) mass is 459 g/mol. The van der Waals surface area contributed by atoms with Crippen LogP contribution >= 0.6 is 12.2 Å². The van der Waals surface area contributed by atoms with Gasteiger partial charge < -0.3 is 14.0 Å². The Bertz CT molecular complexity index is 1370. The minimum atomic E-state index is -0.511. The average molecular weight is 460 g/mol. The third-order valence-corrected chi connectivity index (χ3v) is 6.13. The van der Waals surface area contributed by atoms with Crippen LogP contribution in [0.25, 0.3) is 11.8 Å². The van der Waals surface area contributed by atoms with E-state index in [0.717, 1.165) is 28.2 Å². The molecule has 2 aliphatic rings. The Labute approximate surface area is 196 Å². The zero-order valence-corrected chi connectivity index (χ0v) is 19.2. The number of aryl methyl sites for hydroxylation is 2. The van der Waals surface area contributed by atoms with Crippen LogP contribution in [0.1, 0.15) is 22.5 Å². The molecule has 0 atom stereocenters. The number of para-hydroxylation sites is 1. The second kappa shape index (κ2) is 7.90. The van der Waals surface area contributed by atoms with Gasteiger partial charge in [-0.15, -0.1) is 0 Å². The fourth-order valence-electron chi connectivity index (χ4n) is 4.20. The summed E-state index contributed by atoms with van der Waals surface area (Å²) < 4.78 is 13.0. The molecule has 2 aliphatic heterocycles. The topological polar surface area (TPSA) is 72.8 Å². The van der Waals surface area contributed by atoms with Crippen molar-refractivity contribution in [1.29, 1.82) is 0 Å². The third kappa shape index (κ3) is 3.48. The lowest BCUT2D eigenvalue weighted by atomic mass is 10.1. The van der Waals surface area contributed by atoms with Crippen molar-refractivity contribution in [2.75, 3.05) is 11.7 Å². The molecule has 1 N–H and O–H groups in total. The van der Waals surface area contributed by atoms with E-state index in [0.29, 0.717) is 17.2 Å². The number of amides is 2. The highest BCUT2D eigenvalue weighted by Gasteiger charge is 2.35. The van der Waals surface area contributed by atoms with Gasteiger partial charge in [-0.2, -0.15) is 0 Å². The Morgan fingerprint density at radius 1 is 1.00 bits per heavy atom. The number of thiocarbonyl (C=S) groups is 1. The van der Waals surface area contributed by atoms with Gasteiger partial charge in [-0.25, -0.2) is 0 Å². The maximum atomic E-state index is 13.4. The summed E-state index contributed by atoms with van der Waals surface area (Å²) in [5.74, 6) is 0.429. The van der Waals surface area contributed by atoms with Crippen LogP contribution in [0.5, 0.6) is 11.5 Å². The van der Waals surface area contributed by atoms with E-state index in [1.807, 2.05) is 67.8 Å². The molecule has 0 bridgehead atoms. The highest BCUT2D eigenvalue weighted by Crippen LogP contribution is 2.35. The Morgan fingerprint density at radius 3 is 2.55 bits per heavy atom. The zero-order chi connectivity index (χ0) is 23.3. The summed E-state index contributed by atoms with van der Waals surface area (Å²) in [7, 11) is 0. The predicted molar refractivity (Wildman–Crippen MR) is 129 cm³/mol. The van der Waals surface area contributed by atoms with Crippen LogP contribution < -0.4 is 19.7 Å². The highest BCUT2D eigenvalue weighted by molar-refractivity contribution is 7.80. The minimum absolute atomic E-state index is 0.0257. The molecule has 1 fully saturated rings. The minimum Gasteiger partial charge on any atom is -0.454 e. The van der Waals surface area contributed by atoms with Crippen molar-refractivity contribution in [2.24, 2.45) is 0 Å². The van der Waals surface area contributed by atoms with Crippen LogP contribution in [0.4, 0.5) is 5.69 Å². The molecule has 0 aliphatic carbocycles. The molecule has 1 aromatic heterocycles. The van der Waals surface area contributed by atoms with Crippen molar-refractivity contribution in [3.8, 4) is 17.2 Å². The van der Waals surface area contributed by atoms with E-state index in [9.17, 15) is 9.59 Å². The molecule has 7 nitrogen and oxygen atoms in total. The second-order valence-corrected chi connectivity index (χ2v) is 8.33. The fourth-order valence-corrected chi connectivity index (χ4v) is 4.48. The first-order valence-electron chi connectivity index (χ1n) is 10.4. The second-order valence-electron chi connectivity index (χ2n) is 7.94. The van der Waals surface area contributed by atoms with Gasteiger partial charge in [0.05, 0.1) is 5.69 Å². The molecule has 0 saturated carbocycles. The number of hydrogen-bond acceptors (Lipinski definition) is 5. The van der Waals surface area contributed by atoms with Gasteiger partial charge in [0.2, 0.25) is 6.79 Å². The Kier molecular flexibility index (Phi) is 5.02. The summed E-state index contributed by atoms with van der Waals surface area (Å²) in [6, 6.07) is 15.1. The summed E-state index contributed by atoms with van der Waals surface area (Å²) in [6.45, 7) is 6.01. The standard InChI is InChI=1S/C25H21N3O4S/c1-14-6-4-5-7-20(14)28-24(30)19(23(29)26-25(28)33)11-17-10-15(2)27(16(17)3)18-8-9-21-22(12-18)32-13-31-21/h4-12H,13H2,1-3H3,(H,26,29,33)/b19-11+. The lowest BCUT2D eigenvalue weighted by Gasteiger charge is -2.30. The SMILES string of the molecule is Cc1ccccc1N1C(=O)/C(=C/c2cc(C)n(-c3ccc4c(c3)OCO4)c2C)C(=O)NC1=S. The number of nitrogens with zero attached hydrogens (tertiary/aromatic N) is 2. The van der Waals surface area contributed by atoms with Crippen LogP contribution in [0.3, 0.4) is 0 Å². The van der Waals surface area contributed by atoms with Gasteiger partial charge in [0.15, 0.2) is 16.6 Å². The van der Waals surface area contributed by atoms with E-state index in [1.54, 1.807) is 12.1 Å². The van der Waals surface area contributed by atoms with E-state index < -0.39 is 11.8 Å². The van der Waals surface area contributed by atoms with Crippen molar-refractivity contribution in [1.82, 2.24) is 9.88 Å². The van der Waals surface area contributed by atoms with Gasteiger partial charge >= 0.3 is 0 Å². The van der Waals surface area contributed by atoms with Crippen LogP contribution in [-0.2, 0) is 9.59 Å². The normalized spacial score (nSPS) is 16.5. The van der Waals surface area contributed by atoms with E-state index >= 15 is 0 Å². The van der Waals surface area contributed by atoms with Crippen LogP contribution in [0, 0.1) is 20.8 Å². The molecule has 0 radical (unpaired) electrons. The van der Waals surface area contributed by atoms with E-state index in [4.69, 9.17) is 21.7 Å². The predicted octanol–water partition coefficient (Wildman–Crippen LogP) is 3.96. The third-order valence-electron chi connectivity index (χ3n) is 5.84. The number of ether oxygens (including phenoxy) is 2. The molecule has 33 heavy (non-hydrogen) atoms. The molecule has 1 saturated heterocycles. The number of benzene rings is 2. The molecular weight excluding hydrogens is 438 g/mol. The molecular formula is C25H21N3O4S. The first kappa shape index (κ1) is 21.0. The highest BCUT2D eigenvalue weighted by atomic mass is 32.1. The molecule has 2 aromatic carbocycles. The molecule has 3 heterocycles. The maximum Gasteiger partial charge on any atom is 0.270 e. The fraction of sp³-hybridized carbons (Fsp3) is 0.160. The number of carbonyl (C=O) groups excluding carboxylic acids is 2. The van der Waals surface area contributed by atoms with Gasteiger partial charge in [-0.3, -0.25) is 19.8 Å². The summed E-state index contributed by atoms with van der Waals surface area (Å²) in [5.41, 5.74) is 5.05. The Hall–Kier alpha value is -3.91. The number of carbonyl (C=O) groups is 2. The van der Waals surface area contributed by atoms with Crippen LogP contribution in [0.2, 0.25) is 0 Å². The first-order valence-corrected chi connectivity index (χ1v) is 10.8. The lowest BCUT2D eigenvalue weighted by molar-refractivity contribution is -0.122. The van der Waals surface area contributed by atoms with Gasteiger partial charge in [0.25, 0.3) is 11.8 Å². The van der Waals surface area contributed by atoms with Gasteiger partial charge in [-0.05, 0) is 74.5 Å². The van der Waals surface area contributed by atoms with E-state index in [-0.39, 0.29) is 17.5 Å². The number of nitrogens with one attached hydrogen (secondary N) is 1. The average Bonchev–Trinajstić information content (AvgIpc) is 3.35. The van der Waals surface area contributed by atoms with Crippen molar-refractivity contribution < 1.29 is 19.1 Å². The molecule has 0 spiro atoms. The zero-order valence-electron chi connectivity index (χ0n) is 18.3. The number of anilines is 1. The quantitative estimate of drug-likeness (QED) is 0.365. The molecule has 8 heteroatoms. The van der Waals surface area contributed by atoms with Gasteiger partial charge in [-0.1, -0.05) is 18.2 Å². The molecule has 5 rings (SSSR count). The summed E-state index contributed by atoms with van der Waals surface area (Å²) in [6.07, 6.45) is 1.62. The Balaban J connectivity index is 1.55. The molecule has 2 amide bonds. The molecule has 3 aromatic rings. The molecule has 0 unspecified atom stereocenters. The summed E-state index contributed by atoms with van der Waals surface area (Å²) in [4.78, 5) is 27.5. The van der Waals surface area contributed by atoms with Gasteiger partial charge in [0, 0.05) is 23.1 Å². The summed E-state index contributed by atoms with van der Waals surface area (Å²) >= 11 is 5.31. The largest absolute Gasteiger partial charge is 0.454 e. The van der Waals surface area contributed by atoms with Crippen molar-refractivity contribution in [3.05, 3.63) is 76.6 Å². The number of rotatable bonds is 3. The van der Waals surface area contributed by atoms with Crippen LogP contribution in [0.15, 0.2) is 54.1 Å². The number of hydrogen-bond donors (Lipinski definition) is 1. The Morgan fingerprint density at radius 2 is 1.76 bits per heavy atom. The van der Waals surface area contributed by atoms with Crippen LogP contribution in [-0.4, -0.2) is 28.3 Å². The molecule has 166 valence electrons. The number of fused-ring (bicyclic) bond motifs is 1. The van der Waals surface area contributed by atoms with Crippen molar-refractivity contribution >= 4 is 40.9 Å². The van der Waals surface area contributed by atoms with E-state index in [2.05, 4.69) is 5.32 Å². The smallest absolute Gasteiger partial charge is 0.270 e. The van der Waals surface area contributed by atoms with Crippen molar-refractivity contribution in [3.63, 3.8) is 0 Å². The van der Waals surface area contributed by atoms with Crippen molar-refractivity contribution in [2.45, 2.75) is 20.8 Å². The maximum absolute atomic E-state index is 13.4.